The maximum absolute atomic E-state index is 10.5. The van der Waals surface area contributed by atoms with Gasteiger partial charge in [-0.1, -0.05) is 11.3 Å². The van der Waals surface area contributed by atoms with E-state index in [-0.39, 0.29) is 5.69 Å². The molecule has 2 N–H and O–H groups in total. The van der Waals surface area contributed by atoms with Crippen LogP contribution in [-0.2, 0) is 0 Å². The zero-order valence-corrected chi connectivity index (χ0v) is 8.14. The number of nitrogens with two attached hydrogens (primary N) is 1. The Bertz CT molecular complexity index is 512. The maximum atomic E-state index is 10.5. The van der Waals surface area contributed by atoms with Gasteiger partial charge in [0.25, 0.3) is 5.69 Å². The van der Waals surface area contributed by atoms with Gasteiger partial charge in [-0.3, -0.25) is 15.1 Å². The molecule has 15 heavy (non-hydrogen) atoms. The molecule has 7 nitrogen and oxygen atoms in total. The van der Waals surface area contributed by atoms with Crippen LogP contribution in [0.4, 0.5) is 10.8 Å². The van der Waals surface area contributed by atoms with Gasteiger partial charge in [0.05, 0.1) is 4.92 Å². The van der Waals surface area contributed by atoms with E-state index in [1.165, 1.54) is 18.3 Å². The molecule has 0 aliphatic rings. The summed E-state index contributed by atoms with van der Waals surface area (Å²) in [4.78, 5) is 14.0. The van der Waals surface area contributed by atoms with Crippen molar-refractivity contribution in [1.82, 2.24) is 15.2 Å². The minimum atomic E-state index is -0.491. The van der Waals surface area contributed by atoms with Crippen LogP contribution in [0.25, 0.3) is 10.7 Å². The summed E-state index contributed by atoms with van der Waals surface area (Å²) in [6.45, 7) is 0. The Hall–Kier alpha value is -2.09. The number of hydrogen-bond donors (Lipinski definition) is 1. The summed E-state index contributed by atoms with van der Waals surface area (Å²) in [6, 6.07) is 2.65. The van der Waals surface area contributed by atoms with E-state index in [0.717, 1.165) is 11.3 Å². The van der Waals surface area contributed by atoms with E-state index >= 15 is 0 Å². The van der Waals surface area contributed by atoms with E-state index in [4.69, 9.17) is 5.73 Å². The highest BCUT2D eigenvalue weighted by Gasteiger charge is 2.11. The summed E-state index contributed by atoms with van der Waals surface area (Å²) in [5.74, 6) is 0. The molecule has 2 rings (SSSR count). The summed E-state index contributed by atoms with van der Waals surface area (Å²) < 4.78 is 0. The first-order valence-electron chi connectivity index (χ1n) is 3.86. The molecule has 2 aromatic rings. The van der Waals surface area contributed by atoms with E-state index in [9.17, 15) is 10.1 Å². The first-order valence-corrected chi connectivity index (χ1v) is 4.68. The highest BCUT2D eigenvalue weighted by Crippen LogP contribution is 2.25. The van der Waals surface area contributed by atoms with Crippen LogP contribution in [-0.4, -0.2) is 20.1 Å². The van der Waals surface area contributed by atoms with Crippen molar-refractivity contribution < 1.29 is 4.92 Å². The quantitative estimate of drug-likeness (QED) is 0.603. The number of nitro groups is 1. The van der Waals surface area contributed by atoms with Crippen molar-refractivity contribution in [3.63, 3.8) is 0 Å². The molecule has 0 radical (unpaired) electrons. The lowest BCUT2D eigenvalue weighted by Crippen LogP contribution is -1.90. The number of hydrogen-bond acceptors (Lipinski definition) is 7. The van der Waals surface area contributed by atoms with E-state index in [2.05, 4.69) is 15.2 Å². The van der Waals surface area contributed by atoms with Crippen LogP contribution < -0.4 is 5.73 Å². The number of rotatable bonds is 2. The van der Waals surface area contributed by atoms with Crippen LogP contribution in [0.3, 0.4) is 0 Å². The zero-order chi connectivity index (χ0) is 10.8. The van der Waals surface area contributed by atoms with Crippen molar-refractivity contribution in [3.05, 3.63) is 28.4 Å². The van der Waals surface area contributed by atoms with Crippen molar-refractivity contribution in [2.24, 2.45) is 0 Å². The van der Waals surface area contributed by atoms with Gasteiger partial charge in [-0.25, -0.2) is 0 Å². The molecule has 0 amide bonds. The molecule has 0 spiro atoms. The molecule has 0 aliphatic carbocycles. The number of nitrogens with zero attached hydrogens (tertiary/aromatic N) is 4. The lowest BCUT2D eigenvalue weighted by Gasteiger charge is -1.93. The first-order chi connectivity index (χ1) is 7.16. The molecule has 2 heterocycles. The molecule has 0 fully saturated rings. The van der Waals surface area contributed by atoms with Gasteiger partial charge in [-0.05, 0) is 0 Å². The second-order valence-corrected chi connectivity index (χ2v) is 3.61. The van der Waals surface area contributed by atoms with E-state index in [0.29, 0.717) is 15.8 Å². The third-order valence-electron chi connectivity index (χ3n) is 1.61. The smallest absolute Gasteiger partial charge is 0.273 e. The molecule has 0 aromatic carbocycles. The molecule has 0 saturated carbocycles. The van der Waals surface area contributed by atoms with Crippen molar-refractivity contribution in [3.8, 4) is 10.7 Å². The summed E-state index contributed by atoms with van der Waals surface area (Å²) in [7, 11) is 0. The maximum Gasteiger partial charge on any atom is 0.273 e. The Kier molecular flexibility index (Phi) is 2.26. The van der Waals surface area contributed by atoms with Crippen LogP contribution in [0.15, 0.2) is 18.3 Å². The van der Waals surface area contributed by atoms with E-state index in [1.807, 2.05) is 0 Å². The molecule has 0 aliphatic heterocycles. The number of anilines is 1. The van der Waals surface area contributed by atoms with E-state index in [1.54, 1.807) is 0 Å². The van der Waals surface area contributed by atoms with Crippen LogP contribution in [0.1, 0.15) is 0 Å². The number of aromatic nitrogens is 3. The molecule has 2 aromatic heterocycles. The molecular formula is C7H5N5O2S. The van der Waals surface area contributed by atoms with Gasteiger partial charge in [0, 0.05) is 18.3 Å². The van der Waals surface area contributed by atoms with Crippen LogP contribution in [0.5, 0.6) is 0 Å². The third kappa shape index (κ3) is 1.89. The highest BCUT2D eigenvalue weighted by atomic mass is 32.1. The summed E-state index contributed by atoms with van der Waals surface area (Å²) >= 11 is 1.13. The van der Waals surface area contributed by atoms with Gasteiger partial charge >= 0.3 is 0 Å². The lowest BCUT2D eigenvalue weighted by atomic mass is 10.3. The average molecular weight is 223 g/mol. The second-order valence-electron chi connectivity index (χ2n) is 2.60. The minimum Gasteiger partial charge on any atom is -0.374 e. The standard InChI is InChI=1S/C7H5N5O2S/c8-7-11-10-6(15-7)5-3-4(12(13)14)1-2-9-5/h1-3H,(H2,8,11). The van der Waals surface area contributed by atoms with Gasteiger partial charge in [-0.2, -0.15) is 0 Å². The second kappa shape index (κ2) is 3.58. The van der Waals surface area contributed by atoms with Crippen LogP contribution in [0.2, 0.25) is 0 Å². The molecule has 76 valence electrons. The normalized spacial score (nSPS) is 10.1. The molecule has 0 unspecified atom stereocenters. The van der Waals surface area contributed by atoms with Gasteiger partial charge in [0.2, 0.25) is 5.13 Å². The predicted molar refractivity (Wildman–Crippen MR) is 54.2 cm³/mol. The van der Waals surface area contributed by atoms with Gasteiger partial charge in [0.1, 0.15) is 5.69 Å². The van der Waals surface area contributed by atoms with Crippen molar-refractivity contribution in [2.75, 3.05) is 5.73 Å². The Morgan fingerprint density at radius 1 is 1.47 bits per heavy atom. The Morgan fingerprint density at radius 2 is 2.27 bits per heavy atom. The topological polar surface area (TPSA) is 108 Å². The van der Waals surface area contributed by atoms with Gasteiger partial charge < -0.3 is 5.73 Å². The largest absolute Gasteiger partial charge is 0.374 e. The fourth-order valence-corrected chi connectivity index (χ4v) is 1.57. The zero-order valence-electron chi connectivity index (χ0n) is 7.32. The van der Waals surface area contributed by atoms with Crippen molar-refractivity contribution in [1.29, 1.82) is 0 Å². The molecule has 8 heteroatoms. The SMILES string of the molecule is Nc1nnc(-c2cc([N+](=O)[O-])ccn2)s1. The third-order valence-corrected chi connectivity index (χ3v) is 2.39. The monoisotopic (exact) mass is 223 g/mol. The molecule has 0 saturated heterocycles. The molecule has 0 bridgehead atoms. The molecular weight excluding hydrogens is 218 g/mol. The van der Waals surface area contributed by atoms with Crippen LogP contribution >= 0.6 is 11.3 Å². The van der Waals surface area contributed by atoms with E-state index < -0.39 is 4.92 Å². The summed E-state index contributed by atoms with van der Waals surface area (Å²) in [5.41, 5.74) is 5.76. The highest BCUT2D eigenvalue weighted by molar-refractivity contribution is 7.18. The number of nitrogen functional groups attached to an aromatic ring is 1. The lowest BCUT2D eigenvalue weighted by molar-refractivity contribution is -0.384. The van der Waals surface area contributed by atoms with Gasteiger partial charge in [-0.15, -0.1) is 10.2 Å². The molecule has 0 atom stereocenters. The van der Waals surface area contributed by atoms with Crippen LogP contribution in [0, 0.1) is 10.1 Å². The van der Waals surface area contributed by atoms with Gasteiger partial charge in [0.15, 0.2) is 5.01 Å². The number of pyridine rings is 1. The minimum absolute atomic E-state index is 0.0335. The summed E-state index contributed by atoms with van der Waals surface area (Å²) in [5, 5.41) is 18.6. The summed E-state index contributed by atoms with van der Waals surface area (Å²) in [6.07, 6.45) is 1.35. The Labute approximate surface area is 87.7 Å². The Balaban J connectivity index is 2.45. The fourth-order valence-electron chi connectivity index (χ4n) is 0.988. The first kappa shape index (κ1) is 9.46. The fraction of sp³-hybridized carbons (Fsp3) is 0. The Morgan fingerprint density at radius 3 is 2.87 bits per heavy atom. The predicted octanol–water partition coefficient (Wildman–Crippen LogP) is 1.09. The van der Waals surface area contributed by atoms with Crippen molar-refractivity contribution >= 4 is 22.2 Å². The van der Waals surface area contributed by atoms with Crippen molar-refractivity contribution in [2.45, 2.75) is 0 Å². The average Bonchev–Trinajstić information content (AvgIpc) is 2.65.